The Hall–Kier alpha value is -3.07. The molecule has 0 radical (unpaired) electrons. The number of guanidine groups is 1. The zero-order valence-corrected chi connectivity index (χ0v) is 17.2. The van der Waals surface area contributed by atoms with E-state index in [1.54, 1.807) is 12.1 Å². The number of nitrogens with zero attached hydrogens (tertiary/aromatic N) is 2. The summed E-state index contributed by atoms with van der Waals surface area (Å²) >= 11 is 3.43. The molecule has 0 saturated carbocycles. The van der Waals surface area contributed by atoms with E-state index in [4.69, 9.17) is 20.9 Å². The standard InChI is InChI=1S/C19H22BrN5O3/c1-3-27-16-9-13(10-23-25-19(21)22)8-14(20)18(16)28-11-17(26)24-15-7-5-4-6-12(15)2/h4-10H,3,11H2,1-2H3,(H,24,26)(H4,21,22,25). The van der Waals surface area contributed by atoms with Crippen LogP contribution in [0.25, 0.3) is 0 Å². The zero-order valence-electron chi connectivity index (χ0n) is 15.6. The number of para-hydroxylation sites is 1. The molecule has 0 atom stereocenters. The molecule has 0 aliphatic rings. The lowest BCUT2D eigenvalue weighted by Crippen LogP contribution is -2.21. The average molecular weight is 448 g/mol. The Labute approximate surface area is 171 Å². The van der Waals surface area contributed by atoms with E-state index in [1.165, 1.54) is 6.21 Å². The van der Waals surface area contributed by atoms with Gasteiger partial charge in [-0.3, -0.25) is 4.79 Å². The summed E-state index contributed by atoms with van der Waals surface area (Å²) in [5.74, 6) is 0.467. The van der Waals surface area contributed by atoms with Crippen molar-refractivity contribution in [2.45, 2.75) is 13.8 Å². The van der Waals surface area contributed by atoms with Crippen molar-refractivity contribution in [2.75, 3.05) is 18.5 Å². The van der Waals surface area contributed by atoms with Crippen LogP contribution < -0.4 is 26.3 Å². The minimum absolute atomic E-state index is 0.139. The highest BCUT2D eigenvalue weighted by molar-refractivity contribution is 9.10. The predicted octanol–water partition coefficient (Wildman–Crippen LogP) is 2.78. The molecule has 2 rings (SSSR count). The van der Waals surface area contributed by atoms with Gasteiger partial charge in [0.05, 0.1) is 17.3 Å². The fourth-order valence-electron chi connectivity index (χ4n) is 2.26. The third-order valence-electron chi connectivity index (χ3n) is 3.48. The van der Waals surface area contributed by atoms with Crippen LogP contribution in [-0.2, 0) is 4.79 Å². The van der Waals surface area contributed by atoms with Gasteiger partial charge in [-0.2, -0.15) is 5.10 Å². The summed E-state index contributed by atoms with van der Waals surface area (Å²) in [6, 6.07) is 11.0. The summed E-state index contributed by atoms with van der Waals surface area (Å²) in [5, 5.41) is 10.2. The van der Waals surface area contributed by atoms with E-state index in [0.717, 1.165) is 11.3 Å². The molecule has 0 aliphatic heterocycles. The number of anilines is 1. The fraction of sp³-hybridized carbons (Fsp3) is 0.211. The number of nitrogens with one attached hydrogen (secondary N) is 1. The SMILES string of the molecule is CCOc1cc(C=NN=C(N)N)cc(Br)c1OCC(=O)Nc1ccccc1C. The van der Waals surface area contributed by atoms with E-state index in [0.29, 0.717) is 28.1 Å². The van der Waals surface area contributed by atoms with Crippen LogP contribution in [0.2, 0.25) is 0 Å². The molecular formula is C19H22BrN5O3. The Morgan fingerprint density at radius 3 is 2.68 bits per heavy atom. The molecule has 2 aromatic rings. The molecule has 0 aromatic heterocycles. The third-order valence-corrected chi connectivity index (χ3v) is 4.07. The summed E-state index contributed by atoms with van der Waals surface area (Å²) in [7, 11) is 0. The minimum Gasteiger partial charge on any atom is -0.490 e. The van der Waals surface area contributed by atoms with Crippen LogP contribution >= 0.6 is 15.9 Å². The lowest BCUT2D eigenvalue weighted by molar-refractivity contribution is -0.118. The van der Waals surface area contributed by atoms with Crippen molar-refractivity contribution in [1.29, 1.82) is 0 Å². The van der Waals surface area contributed by atoms with E-state index in [-0.39, 0.29) is 18.5 Å². The lowest BCUT2D eigenvalue weighted by Gasteiger charge is -2.15. The van der Waals surface area contributed by atoms with Crippen molar-refractivity contribution < 1.29 is 14.3 Å². The van der Waals surface area contributed by atoms with Gasteiger partial charge in [-0.05, 0) is 59.1 Å². The molecule has 1 amide bonds. The second kappa shape index (κ2) is 10.3. The molecule has 0 heterocycles. The maximum Gasteiger partial charge on any atom is 0.262 e. The first-order valence-electron chi connectivity index (χ1n) is 8.47. The summed E-state index contributed by atoms with van der Waals surface area (Å²) < 4.78 is 11.9. The van der Waals surface area contributed by atoms with Crippen LogP contribution in [0.4, 0.5) is 5.69 Å². The summed E-state index contributed by atoms with van der Waals surface area (Å²) in [6.07, 6.45) is 1.47. The van der Waals surface area contributed by atoms with E-state index in [1.807, 2.05) is 38.1 Å². The number of hydrogen-bond donors (Lipinski definition) is 3. The fourth-order valence-corrected chi connectivity index (χ4v) is 2.84. The second-order valence-electron chi connectivity index (χ2n) is 5.68. The van der Waals surface area contributed by atoms with Crippen molar-refractivity contribution in [2.24, 2.45) is 21.7 Å². The molecule has 0 aliphatic carbocycles. The molecule has 0 fully saturated rings. The van der Waals surface area contributed by atoms with Crippen LogP contribution in [0.1, 0.15) is 18.1 Å². The Bertz CT molecular complexity index is 895. The van der Waals surface area contributed by atoms with Crippen LogP contribution in [0.3, 0.4) is 0 Å². The number of rotatable bonds is 8. The number of ether oxygens (including phenoxy) is 2. The molecule has 148 valence electrons. The van der Waals surface area contributed by atoms with Crippen LogP contribution in [0.5, 0.6) is 11.5 Å². The Morgan fingerprint density at radius 1 is 1.25 bits per heavy atom. The van der Waals surface area contributed by atoms with Gasteiger partial charge in [0.25, 0.3) is 5.91 Å². The number of carbonyl (C=O) groups is 1. The molecule has 8 nitrogen and oxygen atoms in total. The maximum absolute atomic E-state index is 12.2. The van der Waals surface area contributed by atoms with E-state index >= 15 is 0 Å². The molecule has 28 heavy (non-hydrogen) atoms. The largest absolute Gasteiger partial charge is 0.490 e. The number of nitrogens with two attached hydrogens (primary N) is 2. The average Bonchev–Trinajstić information content (AvgIpc) is 2.63. The van der Waals surface area contributed by atoms with E-state index < -0.39 is 0 Å². The van der Waals surface area contributed by atoms with Gasteiger partial charge < -0.3 is 26.3 Å². The molecule has 0 saturated heterocycles. The van der Waals surface area contributed by atoms with Crippen LogP contribution in [-0.4, -0.2) is 31.3 Å². The molecule has 0 bridgehead atoms. The van der Waals surface area contributed by atoms with Gasteiger partial charge in [-0.25, -0.2) is 0 Å². The van der Waals surface area contributed by atoms with Crippen LogP contribution in [0.15, 0.2) is 51.1 Å². The Morgan fingerprint density at radius 2 is 2.00 bits per heavy atom. The maximum atomic E-state index is 12.2. The number of amides is 1. The van der Waals surface area contributed by atoms with Crippen molar-refractivity contribution in [3.63, 3.8) is 0 Å². The molecule has 9 heteroatoms. The van der Waals surface area contributed by atoms with Gasteiger partial charge in [0.2, 0.25) is 5.96 Å². The van der Waals surface area contributed by atoms with Crippen molar-refractivity contribution >= 4 is 39.7 Å². The first kappa shape index (κ1) is 21.2. The first-order valence-corrected chi connectivity index (χ1v) is 9.26. The Kier molecular flexibility index (Phi) is 7.82. The van der Waals surface area contributed by atoms with Gasteiger partial charge in [0, 0.05) is 5.69 Å². The second-order valence-corrected chi connectivity index (χ2v) is 6.54. The Balaban J connectivity index is 2.13. The summed E-state index contributed by atoms with van der Waals surface area (Å²) in [5.41, 5.74) is 12.9. The smallest absolute Gasteiger partial charge is 0.262 e. The summed E-state index contributed by atoms with van der Waals surface area (Å²) in [4.78, 5) is 12.2. The number of benzene rings is 2. The molecule has 2 aromatic carbocycles. The molecular weight excluding hydrogens is 426 g/mol. The number of hydrogen-bond acceptors (Lipinski definition) is 5. The molecule has 0 unspecified atom stereocenters. The van der Waals surface area contributed by atoms with Gasteiger partial charge in [0.15, 0.2) is 18.1 Å². The quantitative estimate of drug-likeness (QED) is 0.326. The molecule has 0 spiro atoms. The van der Waals surface area contributed by atoms with Gasteiger partial charge >= 0.3 is 0 Å². The topological polar surface area (TPSA) is 124 Å². The monoisotopic (exact) mass is 447 g/mol. The van der Waals surface area contributed by atoms with Crippen molar-refractivity contribution in [3.8, 4) is 11.5 Å². The molecule has 5 N–H and O–H groups in total. The lowest BCUT2D eigenvalue weighted by atomic mass is 10.2. The highest BCUT2D eigenvalue weighted by Crippen LogP contribution is 2.36. The highest BCUT2D eigenvalue weighted by Gasteiger charge is 2.14. The zero-order chi connectivity index (χ0) is 20.5. The highest BCUT2D eigenvalue weighted by atomic mass is 79.9. The number of carbonyl (C=O) groups excluding carboxylic acids is 1. The van der Waals surface area contributed by atoms with Gasteiger partial charge in [-0.1, -0.05) is 18.2 Å². The third kappa shape index (κ3) is 6.27. The first-order chi connectivity index (χ1) is 13.4. The van der Waals surface area contributed by atoms with Crippen LogP contribution in [0, 0.1) is 6.92 Å². The normalized spacial score (nSPS) is 10.5. The summed E-state index contributed by atoms with van der Waals surface area (Å²) in [6.45, 7) is 4.02. The van der Waals surface area contributed by atoms with E-state index in [2.05, 4.69) is 31.4 Å². The van der Waals surface area contributed by atoms with Gasteiger partial charge in [0.1, 0.15) is 0 Å². The predicted molar refractivity (Wildman–Crippen MR) is 114 cm³/mol. The minimum atomic E-state index is -0.276. The number of aryl methyl sites for hydroxylation is 1. The van der Waals surface area contributed by atoms with Crippen molar-refractivity contribution in [3.05, 3.63) is 52.0 Å². The number of halogens is 1. The van der Waals surface area contributed by atoms with E-state index in [9.17, 15) is 4.79 Å². The van der Waals surface area contributed by atoms with Gasteiger partial charge in [-0.15, -0.1) is 5.10 Å². The van der Waals surface area contributed by atoms with Crippen molar-refractivity contribution in [1.82, 2.24) is 0 Å².